The number of hydrogen-bond donors (Lipinski definition) is 1. The van der Waals surface area contributed by atoms with Crippen molar-refractivity contribution in [3.05, 3.63) is 42.0 Å². The van der Waals surface area contributed by atoms with Crippen molar-refractivity contribution in [1.29, 1.82) is 0 Å². The van der Waals surface area contributed by atoms with E-state index in [4.69, 9.17) is 14.6 Å². The van der Waals surface area contributed by atoms with E-state index in [1.807, 2.05) is 24.3 Å². The number of rotatable bonds is 8. The topological polar surface area (TPSA) is 55.8 Å². The number of benzene rings is 1. The van der Waals surface area contributed by atoms with Crippen LogP contribution >= 0.6 is 0 Å². The molecule has 0 unspecified atom stereocenters. The first-order valence-electron chi connectivity index (χ1n) is 5.31. The minimum atomic E-state index is -0.968. The van der Waals surface area contributed by atoms with Gasteiger partial charge in [0, 0.05) is 0 Å². The zero-order valence-electron chi connectivity index (χ0n) is 9.59. The molecule has 0 aliphatic heterocycles. The normalized spacial score (nSPS) is 10.1. The van der Waals surface area contributed by atoms with Crippen LogP contribution in [0.2, 0.25) is 0 Å². The van der Waals surface area contributed by atoms with Crippen LogP contribution in [0.25, 0.3) is 6.08 Å². The van der Waals surface area contributed by atoms with Crippen molar-refractivity contribution in [3.8, 4) is 0 Å². The Kier molecular flexibility index (Phi) is 5.99. The highest BCUT2D eigenvalue weighted by Crippen LogP contribution is 2.06. The zero-order chi connectivity index (χ0) is 12.5. The molecule has 0 aliphatic carbocycles. The average molecular weight is 236 g/mol. The maximum Gasteiger partial charge on any atom is 0.329 e. The van der Waals surface area contributed by atoms with Crippen molar-refractivity contribution in [2.45, 2.75) is 6.61 Å². The van der Waals surface area contributed by atoms with E-state index in [0.29, 0.717) is 13.2 Å². The summed E-state index contributed by atoms with van der Waals surface area (Å²) in [6.07, 6.45) is 1.78. The fourth-order valence-electron chi connectivity index (χ4n) is 1.22. The van der Waals surface area contributed by atoms with Crippen molar-refractivity contribution in [1.82, 2.24) is 0 Å². The molecule has 0 atom stereocenters. The van der Waals surface area contributed by atoms with E-state index in [-0.39, 0.29) is 13.2 Å². The van der Waals surface area contributed by atoms with Gasteiger partial charge in [0.1, 0.15) is 6.61 Å². The molecule has 0 fully saturated rings. The molecule has 0 saturated carbocycles. The van der Waals surface area contributed by atoms with E-state index in [9.17, 15) is 4.79 Å². The molecule has 0 spiro atoms. The van der Waals surface area contributed by atoms with Gasteiger partial charge in [-0.3, -0.25) is 0 Å². The SMILES string of the molecule is C=Cc1ccc(COCCOCC(=O)O)cc1. The maximum atomic E-state index is 10.1. The van der Waals surface area contributed by atoms with Crippen LogP contribution in [-0.4, -0.2) is 30.9 Å². The molecular weight excluding hydrogens is 220 g/mol. The van der Waals surface area contributed by atoms with Gasteiger partial charge in [-0.1, -0.05) is 36.9 Å². The Balaban J connectivity index is 2.13. The summed E-state index contributed by atoms with van der Waals surface area (Å²) < 4.78 is 10.2. The highest BCUT2D eigenvalue weighted by Gasteiger charge is 1.96. The number of ether oxygens (including phenoxy) is 2. The quantitative estimate of drug-likeness (QED) is 0.701. The monoisotopic (exact) mass is 236 g/mol. The zero-order valence-corrected chi connectivity index (χ0v) is 9.59. The van der Waals surface area contributed by atoms with E-state index >= 15 is 0 Å². The Hall–Kier alpha value is -1.65. The summed E-state index contributed by atoms with van der Waals surface area (Å²) in [4.78, 5) is 10.1. The summed E-state index contributed by atoms with van der Waals surface area (Å²) in [5.74, 6) is -0.968. The van der Waals surface area contributed by atoms with Crippen molar-refractivity contribution >= 4 is 12.0 Å². The lowest BCUT2D eigenvalue weighted by Crippen LogP contribution is -2.11. The number of carboxylic acid groups (broad SMARTS) is 1. The van der Waals surface area contributed by atoms with Gasteiger partial charge >= 0.3 is 5.97 Å². The van der Waals surface area contributed by atoms with Gasteiger partial charge in [0.25, 0.3) is 0 Å². The van der Waals surface area contributed by atoms with Crippen LogP contribution in [0, 0.1) is 0 Å². The molecule has 0 bridgehead atoms. The van der Waals surface area contributed by atoms with Gasteiger partial charge in [-0.05, 0) is 11.1 Å². The molecule has 0 saturated heterocycles. The molecule has 0 heterocycles. The maximum absolute atomic E-state index is 10.1. The third kappa shape index (κ3) is 5.85. The van der Waals surface area contributed by atoms with E-state index in [1.54, 1.807) is 6.08 Å². The highest BCUT2D eigenvalue weighted by atomic mass is 16.5. The minimum Gasteiger partial charge on any atom is -0.480 e. The van der Waals surface area contributed by atoms with Crippen LogP contribution in [0.1, 0.15) is 11.1 Å². The van der Waals surface area contributed by atoms with Crippen LogP contribution < -0.4 is 0 Å². The fourth-order valence-corrected chi connectivity index (χ4v) is 1.22. The van der Waals surface area contributed by atoms with Gasteiger partial charge < -0.3 is 14.6 Å². The minimum absolute atomic E-state index is 0.280. The summed E-state index contributed by atoms with van der Waals surface area (Å²) in [6, 6.07) is 7.86. The van der Waals surface area contributed by atoms with Gasteiger partial charge in [0.2, 0.25) is 0 Å². The Morgan fingerprint density at radius 3 is 2.47 bits per heavy atom. The first kappa shape index (κ1) is 13.4. The second-order valence-corrected chi connectivity index (χ2v) is 3.44. The molecule has 4 heteroatoms. The molecule has 0 radical (unpaired) electrons. The lowest BCUT2D eigenvalue weighted by Gasteiger charge is -2.05. The standard InChI is InChI=1S/C13H16O4/c1-2-11-3-5-12(6-4-11)9-16-7-8-17-10-13(14)15/h2-6H,1,7-10H2,(H,14,15). The second-order valence-electron chi connectivity index (χ2n) is 3.44. The van der Waals surface area contributed by atoms with Gasteiger partial charge in [-0.25, -0.2) is 4.79 Å². The summed E-state index contributed by atoms with van der Waals surface area (Å²) in [5, 5.41) is 8.32. The van der Waals surface area contributed by atoms with E-state index in [0.717, 1.165) is 11.1 Å². The Morgan fingerprint density at radius 1 is 1.24 bits per heavy atom. The molecular formula is C13H16O4. The van der Waals surface area contributed by atoms with Crippen molar-refractivity contribution < 1.29 is 19.4 Å². The third-order valence-corrected chi connectivity index (χ3v) is 2.08. The van der Waals surface area contributed by atoms with Crippen LogP contribution in [-0.2, 0) is 20.9 Å². The van der Waals surface area contributed by atoms with E-state index < -0.39 is 5.97 Å². The second kappa shape index (κ2) is 7.60. The van der Waals surface area contributed by atoms with Crippen LogP contribution in [0.4, 0.5) is 0 Å². The van der Waals surface area contributed by atoms with Crippen LogP contribution in [0.3, 0.4) is 0 Å². The third-order valence-electron chi connectivity index (χ3n) is 2.08. The summed E-state index contributed by atoms with van der Waals surface area (Å²) in [6.45, 7) is 4.56. The predicted octanol–water partition coefficient (Wildman–Crippen LogP) is 1.95. The molecule has 1 aromatic rings. The smallest absolute Gasteiger partial charge is 0.329 e. The number of carbonyl (C=O) groups is 1. The molecule has 0 aliphatic rings. The Morgan fingerprint density at radius 2 is 1.88 bits per heavy atom. The van der Waals surface area contributed by atoms with Crippen LogP contribution in [0.5, 0.6) is 0 Å². The molecule has 1 N–H and O–H groups in total. The number of aliphatic carboxylic acids is 1. The van der Waals surface area contributed by atoms with Crippen molar-refractivity contribution in [2.24, 2.45) is 0 Å². The molecule has 17 heavy (non-hydrogen) atoms. The summed E-state index contributed by atoms with van der Waals surface area (Å²) in [7, 11) is 0. The van der Waals surface area contributed by atoms with Gasteiger partial charge in [-0.15, -0.1) is 0 Å². The lowest BCUT2D eigenvalue weighted by atomic mass is 10.1. The first-order chi connectivity index (χ1) is 8.22. The Labute approximate surface area is 100 Å². The number of carboxylic acids is 1. The van der Waals surface area contributed by atoms with Crippen LogP contribution in [0.15, 0.2) is 30.8 Å². The Bertz CT molecular complexity index is 356. The molecule has 0 aromatic heterocycles. The predicted molar refractivity (Wildman–Crippen MR) is 64.6 cm³/mol. The molecule has 1 rings (SSSR count). The summed E-state index contributed by atoms with van der Waals surface area (Å²) in [5.41, 5.74) is 2.13. The molecule has 4 nitrogen and oxygen atoms in total. The van der Waals surface area contributed by atoms with E-state index in [1.165, 1.54) is 0 Å². The van der Waals surface area contributed by atoms with Gasteiger partial charge in [-0.2, -0.15) is 0 Å². The van der Waals surface area contributed by atoms with E-state index in [2.05, 4.69) is 6.58 Å². The number of hydrogen-bond acceptors (Lipinski definition) is 3. The lowest BCUT2D eigenvalue weighted by molar-refractivity contribution is -0.142. The first-order valence-corrected chi connectivity index (χ1v) is 5.31. The highest BCUT2D eigenvalue weighted by molar-refractivity contribution is 5.67. The molecule has 1 aromatic carbocycles. The van der Waals surface area contributed by atoms with Gasteiger partial charge in [0.15, 0.2) is 0 Å². The molecule has 92 valence electrons. The fraction of sp³-hybridized carbons (Fsp3) is 0.308. The average Bonchev–Trinajstić information content (AvgIpc) is 2.34. The van der Waals surface area contributed by atoms with Gasteiger partial charge in [0.05, 0.1) is 19.8 Å². The van der Waals surface area contributed by atoms with Crippen molar-refractivity contribution in [3.63, 3.8) is 0 Å². The van der Waals surface area contributed by atoms with Crippen molar-refractivity contribution in [2.75, 3.05) is 19.8 Å². The summed E-state index contributed by atoms with van der Waals surface area (Å²) >= 11 is 0. The largest absolute Gasteiger partial charge is 0.480 e. The molecule has 0 amide bonds.